The average molecular weight is 409 g/mol. The summed E-state index contributed by atoms with van der Waals surface area (Å²) in [5.41, 5.74) is 7.46. The van der Waals surface area contributed by atoms with Crippen LogP contribution in [0.25, 0.3) is 32.7 Å². The molecule has 0 amide bonds. The minimum Gasteiger partial charge on any atom is -0.455 e. The Morgan fingerprint density at radius 2 is 1.41 bits per heavy atom. The van der Waals surface area contributed by atoms with E-state index in [9.17, 15) is 0 Å². The third-order valence-corrected chi connectivity index (χ3v) is 6.55. The predicted octanol–water partition coefficient (Wildman–Crippen LogP) is 8.01. The lowest BCUT2D eigenvalue weighted by atomic mass is 9.84. The Morgan fingerprint density at radius 3 is 2.38 bits per heavy atom. The second kappa shape index (κ2) is 6.66. The molecule has 32 heavy (non-hydrogen) atoms. The van der Waals surface area contributed by atoms with Crippen molar-refractivity contribution in [2.75, 3.05) is 0 Å². The van der Waals surface area contributed by atoms with Gasteiger partial charge in [-0.1, -0.05) is 91.0 Å². The van der Waals surface area contributed by atoms with Crippen LogP contribution in [-0.2, 0) is 0 Å². The van der Waals surface area contributed by atoms with Crippen LogP contribution in [0.4, 0.5) is 5.69 Å². The SMILES string of the molecule is c1ccc2c(c1)N=C(c1cccc3c1oc1ccccc13)C2c1ccc2ccccc2c1. The van der Waals surface area contributed by atoms with Crippen molar-refractivity contribution in [2.45, 2.75) is 5.92 Å². The molecule has 6 aromatic rings. The molecule has 1 atom stereocenters. The highest BCUT2D eigenvalue weighted by molar-refractivity contribution is 6.20. The van der Waals surface area contributed by atoms with E-state index in [1.807, 2.05) is 12.1 Å². The normalized spacial score (nSPS) is 15.4. The first-order valence-corrected chi connectivity index (χ1v) is 10.9. The van der Waals surface area contributed by atoms with Gasteiger partial charge in [0.05, 0.1) is 17.3 Å². The molecule has 2 heteroatoms. The number of fused-ring (bicyclic) bond motifs is 5. The molecule has 1 aliphatic rings. The summed E-state index contributed by atoms with van der Waals surface area (Å²) < 4.78 is 6.37. The summed E-state index contributed by atoms with van der Waals surface area (Å²) in [7, 11) is 0. The van der Waals surface area contributed by atoms with Crippen LogP contribution < -0.4 is 0 Å². The van der Waals surface area contributed by atoms with Gasteiger partial charge < -0.3 is 4.42 Å². The topological polar surface area (TPSA) is 25.5 Å². The van der Waals surface area contributed by atoms with Crippen molar-refractivity contribution < 1.29 is 4.42 Å². The molecule has 0 saturated carbocycles. The molecule has 1 aliphatic heterocycles. The number of hydrogen-bond acceptors (Lipinski definition) is 2. The van der Waals surface area contributed by atoms with E-state index in [1.54, 1.807) is 0 Å². The number of hydrogen-bond donors (Lipinski definition) is 0. The highest BCUT2D eigenvalue weighted by Crippen LogP contribution is 2.44. The minimum atomic E-state index is 0.0645. The maximum atomic E-state index is 6.37. The Labute approximate surface area is 185 Å². The van der Waals surface area contributed by atoms with Gasteiger partial charge in [0.1, 0.15) is 11.2 Å². The lowest BCUT2D eigenvalue weighted by molar-refractivity contribution is 0.668. The lowest BCUT2D eigenvalue weighted by Crippen LogP contribution is -2.12. The lowest BCUT2D eigenvalue weighted by Gasteiger charge is -2.17. The van der Waals surface area contributed by atoms with Crippen molar-refractivity contribution in [1.82, 2.24) is 0 Å². The summed E-state index contributed by atoms with van der Waals surface area (Å²) in [5, 5.41) is 4.77. The van der Waals surface area contributed by atoms with Crippen molar-refractivity contribution in [3.8, 4) is 0 Å². The van der Waals surface area contributed by atoms with Gasteiger partial charge in [0.15, 0.2) is 0 Å². The maximum Gasteiger partial charge on any atom is 0.144 e. The van der Waals surface area contributed by atoms with Crippen LogP contribution >= 0.6 is 0 Å². The van der Waals surface area contributed by atoms with E-state index in [0.29, 0.717) is 0 Å². The highest BCUT2D eigenvalue weighted by atomic mass is 16.3. The number of benzene rings is 5. The summed E-state index contributed by atoms with van der Waals surface area (Å²) in [5.74, 6) is 0.0645. The maximum absolute atomic E-state index is 6.37. The fourth-order valence-electron chi connectivity index (χ4n) is 5.06. The van der Waals surface area contributed by atoms with Crippen LogP contribution in [0, 0.1) is 0 Å². The molecule has 5 aromatic carbocycles. The number of aliphatic imine (C=N–C) groups is 1. The smallest absolute Gasteiger partial charge is 0.144 e. The third kappa shape index (κ3) is 2.50. The molecule has 2 heterocycles. The Bertz CT molecular complexity index is 1690. The standard InChI is InChI=1S/C30H19NO/c1-2-9-20-18-21(17-16-19(20)8-1)28-24-11-3-5-14-26(24)31-29(28)25-13-7-12-23-22-10-4-6-15-27(22)32-30(23)25/h1-18,28H. The van der Waals surface area contributed by atoms with Gasteiger partial charge in [-0.05, 0) is 40.1 Å². The molecule has 0 spiro atoms. The summed E-state index contributed by atoms with van der Waals surface area (Å²) in [6, 6.07) is 38.4. The Balaban J connectivity index is 1.49. The van der Waals surface area contributed by atoms with E-state index in [1.165, 1.54) is 21.9 Å². The van der Waals surface area contributed by atoms with Crippen molar-refractivity contribution in [2.24, 2.45) is 4.99 Å². The number of furan rings is 1. The van der Waals surface area contributed by atoms with Crippen molar-refractivity contribution >= 4 is 44.1 Å². The van der Waals surface area contributed by atoms with Gasteiger partial charge in [0, 0.05) is 16.3 Å². The molecule has 0 N–H and O–H groups in total. The van der Waals surface area contributed by atoms with E-state index in [-0.39, 0.29) is 5.92 Å². The quantitative estimate of drug-likeness (QED) is 0.284. The van der Waals surface area contributed by atoms with Crippen LogP contribution in [0.3, 0.4) is 0 Å². The molecule has 1 aromatic heterocycles. The first-order valence-electron chi connectivity index (χ1n) is 10.9. The summed E-state index contributed by atoms with van der Waals surface area (Å²) in [6.45, 7) is 0. The molecular weight excluding hydrogens is 390 g/mol. The Hall–Kier alpha value is -4.17. The van der Waals surface area contributed by atoms with Crippen LogP contribution in [0.1, 0.15) is 22.6 Å². The molecule has 2 nitrogen and oxygen atoms in total. The van der Waals surface area contributed by atoms with Gasteiger partial charge in [-0.2, -0.15) is 0 Å². The second-order valence-corrected chi connectivity index (χ2v) is 8.38. The van der Waals surface area contributed by atoms with Gasteiger partial charge in [0.2, 0.25) is 0 Å². The van der Waals surface area contributed by atoms with E-state index in [4.69, 9.17) is 9.41 Å². The van der Waals surface area contributed by atoms with Gasteiger partial charge in [-0.15, -0.1) is 0 Å². The summed E-state index contributed by atoms with van der Waals surface area (Å²) in [6.07, 6.45) is 0. The molecule has 0 bridgehead atoms. The van der Waals surface area contributed by atoms with Gasteiger partial charge in [0.25, 0.3) is 0 Å². The first-order chi connectivity index (χ1) is 15.9. The average Bonchev–Trinajstić information content (AvgIpc) is 3.42. The highest BCUT2D eigenvalue weighted by Gasteiger charge is 2.31. The van der Waals surface area contributed by atoms with Crippen molar-refractivity contribution in [1.29, 1.82) is 0 Å². The number of nitrogens with zero attached hydrogens (tertiary/aromatic N) is 1. The molecule has 0 fully saturated rings. The molecule has 0 radical (unpaired) electrons. The van der Waals surface area contributed by atoms with E-state index < -0.39 is 0 Å². The van der Waals surface area contributed by atoms with Crippen LogP contribution in [0.2, 0.25) is 0 Å². The monoisotopic (exact) mass is 409 g/mol. The molecule has 150 valence electrons. The van der Waals surface area contributed by atoms with Gasteiger partial charge in [-0.3, -0.25) is 4.99 Å². The molecule has 0 aliphatic carbocycles. The number of rotatable bonds is 2. The number of para-hydroxylation sites is 3. The van der Waals surface area contributed by atoms with E-state index >= 15 is 0 Å². The zero-order chi connectivity index (χ0) is 21.1. The van der Waals surface area contributed by atoms with Gasteiger partial charge in [-0.25, -0.2) is 0 Å². The van der Waals surface area contributed by atoms with Crippen LogP contribution in [-0.4, -0.2) is 5.71 Å². The molecule has 1 unspecified atom stereocenters. The summed E-state index contributed by atoms with van der Waals surface area (Å²) in [4.78, 5) is 5.14. The molecule has 7 rings (SSSR count). The van der Waals surface area contributed by atoms with Crippen molar-refractivity contribution in [3.05, 3.63) is 126 Å². The van der Waals surface area contributed by atoms with Gasteiger partial charge >= 0.3 is 0 Å². The fourth-order valence-corrected chi connectivity index (χ4v) is 5.06. The molecule has 0 saturated heterocycles. The van der Waals surface area contributed by atoms with E-state index in [0.717, 1.165) is 38.9 Å². The fraction of sp³-hybridized carbons (Fsp3) is 0.0333. The zero-order valence-corrected chi connectivity index (χ0v) is 17.3. The Kier molecular flexibility index (Phi) is 3.65. The van der Waals surface area contributed by atoms with E-state index in [2.05, 4.69) is 97.1 Å². The summed E-state index contributed by atoms with van der Waals surface area (Å²) >= 11 is 0. The zero-order valence-electron chi connectivity index (χ0n) is 17.3. The minimum absolute atomic E-state index is 0.0645. The largest absolute Gasteiger partial charge is 0.455 e. The molecular formula is C30H19NO. The third-order valence-electron chi connectivity index (χ3n) is 6.55. The van der Waals surface area contributed by atoms with Crippen LogP contribution in [0.15, 0.2) is 119 Å². The van der Waals surface area contributed by atoms with Crippen LogP contribution in [0.5, 0.6) is 0 Å². The van der Waals surface area contributed by atoms with Crippen molar-refractivity contribution in [3.63, 3.8) is 0 Å². The first kappa shape index (κ1) is 17.5. The second-order valence-electron chi connectivity index (χ2n) is 8.38. The predicted molar refractivity (Wildman–Crippen MR) is 132 cm³/mol. The Morgan fingerprint density at radius 1 is 0.625 bits per heavy atom.